The van der Waals surface area contributed by atoms with Crippen molar-refractivity contribution in [1.29, 1.82) is 0 Å². The van der Waals surface area contributed by atoms with E-state index in [0.29, 0.717) is 36.8 Å². The van der Waals surface area contributed by atoms with E-state index in [1.807, 2.05) is 35.2 Å². The van der Waals surface area contributed by atoms with E-state index < -0.39 is 5.54 Å². The van der Waals surface area contributed by atoms with Crippen LogP contribution in [0, 0.1) is 0 Å². The fourth-order valence-electron chi connectivity index (χ4n) is 5.30. The lowest BCUT2D eigenvalue weighted by molar-refractivity contribution is 0.0725. The average molecular weight is 528 g/mol. The predicted octanol–water partition coefficient (Wildman–Crippen LogP) is 5.50. The van der Waals surface area contributed by atoms with Gasteiger partial charge in [0.15, 0.2) is 11.5 Å². The smallest absolute Gasteiger partial charge is 0.254 e. The van der Waals surface area contributed by atoms with Crippen LogP contribution in [0.1, 0.15) is 46.8 Å². The van der Waals surface area contributed by atoms with Gasteiger partial charge >= 0.3 is 0 Å². The highest BCUT2D eigenvalue weighted by Crippen LogP contribution is 2.36. The number of carbonyl (C=O) groups excluding carboxylic acids is 1. The summed E-state index contributed by atoms with van der Waals surface area (Å²) in [5.74, 6) is 2.17. The van der Waals surface area contributed by atoms with Gasteiger partial charge in [0.2, 0.25) is 0 Å². The maximum atomic E-state index is 13.2. The summed E-state index contributed by atoms with van der Waals surface area (Å²) in [5.41, 5.74) is 11.4. The topological polar surface area (TPSA) is 89.8 Å². The molecule has 1 atom stereocenters. The quantitative estimate of drug-likeness (QED) is 0.269. The first-order valence-electron chi connectivity index (χ1n) is 13.5. The molecule has 0 radical (unpaired) electrons. The fourth-order valence-corrected chi connectivity index (χ4v) is 5.30. The summed E-state index contributed by atoms with van der Waals surface area (Å²) in [6, 6.07) is 20.0. The van der Waals surface area contributed by atoms with E-state index in [-0.39, 0.29) is 5.91 Å². The molecule has 1 amide bonds. The fraction of sp³-hybridized carbons (Fsp3) is 0.344. The number of methoxy groups -OCH3 is 2. The monoisotopic (exact) mass is 527 g/mol. The molecule has 2 heterocycles. The van der Waals surface area contributed by atoms with Gasteiger partial charge in [-0.25, -0.2) is 0 Å². The second-order valence-corrected chi connectivity index (χ2v) is 10.6. The minimum Gasteiger partial charge on any atom is -0.493 e. The van der Waals surface area contributed by atoms with E-state index >= 15 is 0 Å². The summed E-state index contributed by atoms with van der Waals surface area (Å²) in [5, 5.41) is 1.16. The Kier molecular flexibility index (Phi) is 7.79. The van der Waals surface area contributed by atoms with Gasteiger partial charge in [-0.05, 0) is 74.1 Å². The lowest BCUT2D eigenvalue weighted by Gasteiger charge is -2.33. The number of aromatic nitrogens is 1. The van der Waals surface area contributed by atoms with Gasteiger partial charge in [0.25, 0.3) is 5.91 Å². The first-order valence-corrected chi connectivity index (χ1v) is 13.5. The number of carbonyl (C=O) groups is 1. The third-order valence-corrected chi connectivity index (χ3v) is 7.70. The lowest BCUT2D eigenvalue weighted by atomic mass is 9.90. The molecule has 4 aromatic rings. The number of benzene rings is 3. The van der Waals surface area contributed by atoms with Gasteiger partial charge in [-0.15, -0.1) is 0 Å². The van der Waals surface area contributed by atoms with Crippen LogP contribution in [0.2, 0.25) is 0 Å². The Bertz CT molecular complexity index is 1440. The summed E-state index contributed by atoms with van der Waals surface area (Å²) in [6.45, 7) is 3.87. The van der Waals surface area contributed by atoms with Crippen LogP contribution in [0.25, 0.3) is 10.9 Å². The zero-order valence-corrected chi connectivity index (χ0v) is 23.0. The van der Waals surface area contributed by atoms with E-state index in [1.54, 1.807) is 20.3 Å². The van der Waals surface area contributed by atoms with Crippen molar-refractivity contribution in [3.8, 4) is 17.2 Å². The van der Waals surface area contributed by atoms with Gasteiger partial charge in [0.05, 0.1) is 14.2 Å². The van der Waals surface area contributed by atoms with E-state index in [2.05, 4.69) is 42.4 Å². The van der Waals surface area contributed by atoms with Crippen molar-refractivity contribution in [3.05, 3.63) is 89.1 Å². The molecule has 1 aliphatic heterocycles. The first-order chi connectivity index (χ1) is 18.9. The van der Waals surface area contributed by atoms with Crippen LogP contribution in [0.5, 0.6) is 17.2 Å². The molecular formula is C32H37N3O4. The maximum Gasteiger partial charge on any atom is 0.254 e. The van der Waals surface area contributed by atoms with Gasteiger partial charge in [-0.3, -0.25) is 4.79 Å². The molecule has 204 valence electrons. The normalized spacial score (nSPS) is 14.7. The van der Waals surface area contributed by atoms with E-state index in [4.69, 9.17) is 19.9 Å². The average Bonchev–Trinajstić information content (AvgIpc) is 3.37. The van der Waals surface area contributed by atoms with Crippen molar-refractivity contribution in [2.75, 3.05) is 27.3 Å². The van der Waals surface area contributed by atoms with Gasteiger partial charge in [-0.2, -0.15) is 0 Å². The molecule has 0 bridgehead atoms. The summed E-state index contributed by atoms with van der Waals surface area (Å²) in [4.78, 5) is 18.5. The first kappa shape index (κ1) is 26.6. The summed E-state index contributed by atoms with van der Waals surface area (Å²) in [7, 11) is 3.22. The SMILES string of the molecule is COc1ccc2c(c1OC)CCN(CCC(C)(N)CCc1c[nH]c3ccc(OCc4ccccc4)cc13)C2=O. The number of nitrogens with one attached hydrogen (secondary N) is 1. The maximum absolute atomic E-state index is 13.2. The summed E-state index contributed by atoms with van der Waals surface area (Å²) in [6.07, 6.45) is 5.15. The number of fused-ring (bicyclic) bond motifs is 2. The number of hydrogen-bond acceptors (Lipinski definition) is 5. The minimum absolute atomic E-state index is 0.0210. The molecular weight excluding hydrogens is 490 g/mol. The molecule has 1 aromatic heterocycles. The Morgan fingerprint density at radius 3 is 2.62 bits per heavy atom. The van der Waals surface area contributed by atoms with E-state index in [9.17, 15) is 4.79 Å². The predicted molar refractivity (Wildman–Crippen MR) is 154 cm³/mol. The van der Waals surface area contributed by atoms with Crippen LogP contribution >= 0.6 is 0 Å². The molecule has 0 spiro atoms. The lowest BCUT2D eigenvalue weighted by Crippen LogP contribution is -2.44. The third-order valence-electron chi connectivity index (χ3n) is 7.70. The second kappa shape index (κ2) is 11.4. The van der Waals surface area contributed by atoms with Crippen LogP contribution in [0.4, 0.5) is 0 Å². The van der Waals surface area contributed by atoms with Crippen molar-refractivity contribution in [2.24, 2.45) is 5.73 Å². The molecule has 3 aromatic carbocycles. The van der Waals surface area contributed by atoms with Crippen LogP contribution in [-0.4, -0.2) is 48.6 Å². The molecule has 1 aliphatic rings. The molecule has 1 unspecified atom stereocenters. The zero-order chi connectivity index (χ0) is 27.4. The van der Waals surface area contributed by atoms with Crippen LogP contribution in [-0.2, 0) is 19.4 Å². The summed E-state index contributed by atoms with van der Waals surface area (Å²) >= 11 is 0. The molecule has 39 heavy (non-hydrogen) atoms. The molecule has 3 N–H and O–H groups in total. The van der Waals surface area contributed by atoms with Gasteiger partial charge in [0.1, 0.15) is 12.4 Å². The van der Waals surface area contributed by atoms with Gasteiger partial charge < -0.3 is 29.8 Å². The molecule has 7 heteroatoms. The Labute approximate surface area is 229 Å². The molecule has 7 nitrogen and oxygen atoms in total. The van der Waals surface area contributed by atoms with Crippen molar-refractivity contribution < 1.29 is 19.0 Å². The van der Waals surface area contributed by atoms with Gasteiger partial charge in [0, 0.05) is 46.9 Å². The number of aromatic amines is 1. The standard InChI is InChI=1S/C32H37N3O4/c1-32(33,16-18-35-17-14-25-26(31(35)36)10-12-29(37-2)30(25)38-3)15-13-23-20-34-28-11-9-24(19-27(23)28)39-21-22-7-5-4-6-8-22/h4-12,19-20,34H,13-18,21,33H2,1-3H3. The number of amides is 1. The van der Waals surface area contributed by atoms with Gasteiger partial charge in [-0.1, -0.05) is 30.3 Å². The van der Waals surface area contributed by atoms with Crippen LogP contribution in [0.3, 0.4) is 0 Å². The Balaban J connectivity index is 1.19. The Morgan fingerprint density at radius 1 is 1.03 bits per heavy atom. The van der Waals surface area contributed by atoms with Crippen molar-refractivity contribution >= 4 is 16.8 Å². The second-order valence-electron chi connectivity index (χ2n) is 10.6. The van der Waals surface area contributed by atoms with Crippen molar-refractivity contribution in [1.82, 2.24) is 9.88 Å². The molecule has 0 saturated heterocycles. The highest BCUT2D eigenvalue weighted by atomic mass is 16.5. The molecule has 0 saturated carbocycles. The van der Waals surface area contributed by atoms with Crippen molar-refractivity contribution in [3.63, 3.8) is 0 Å². The highest BCUT2D eigenvalue weighted by Gasteiger charge is 2.30. The summed E-state index contributed by atoms with van der Waals surface area (Å²) < 4.78 is 17.0. The molecule has 5 rings (SSSR count). The number of rotatable bonds is 11. The van der Waals surface area contributed by atoms with E-state index in [0.717, 1.165) is 53.5 Å². The molecule has 0 fully saturated rings. The van der Waals surface area contributed by atoms with Crippen LogP contribution in [0.15, 0.2) is 66.9 Å². The molecule has 0 aliphatic carbocycles. The Morgan fingerprint density at radius 2 is 1.85 bits per heavy atom. The number of nitrogens with zero attached hydrogens (tertiary/aromatic N) is 1. The van der Waals surface area contributed by atoms with E-state index in [1.165, 1.54) is 5.56 Å². The number of ether oxygens (including phenoxy) is 3. The highest BCUT2D eigenvalue weighted by molar-refractivity contribution is 5.98. The van der Waals surface area contributed by atoms with Crippen LogP contribution < -0.4 is 19.9 Å². The zero-order valence-electron chi connectivity index (χ0n) is 23.0. The largest absolute Gasteiger partial charge is 0.493 e. The number of H-pyrrole nitrogens is 1. The number of hydrogen-bond donors (Lipinski definition) is 2. The van der Waals surface area contributed by atoms with Crippen molar-refractivity contribution in [2.45, 2.75) is 44.8 Å². The minimum atomic E-state index is -0.414. The number of nitrogens with two attached hydrogens (primary N) is 1. The Hall–Kier alpha value is -3.97. The number of aryl methyl sites for hydroxylation is 1. The third kappa shape index (κ3) is 5.88.